The average Bonchev–Trinajstić information content (AvgIpc) is 3.88. The minimum absolute atomic E-state index is 0.0110. The van der Waals surface area contributed by atoms with Gasteiger partial charge in [-0.2, -0.15) is 0 Å². The van der Waals surface area contributed by atoms with E-state index in [0.29, 0.717) is 43.7 Å². The molecule has 3 aromatic carbocycles. The lowest BCUT2D eigenvalue weighted by molar-refractivity contribution is -0.137. The molecule has 2 heterocycles. The SMILES string of the molecule is CCCN(CC(=O)Nc1ccc(C2CCC(c3ccc(NC(=O)C4CCCN4C(=O)CC(C)C)cc3)N2c2ccc(C(C)(C)C)cc2)cc1)C(=O)C(NC(=O)OC)C(C)C. The second-order valence-corrected chi connectivity index (χ2v) is 18.1. The molecule has 324 valence electrons. The fourth-order valence-electron chi connectivity index (χ4n) is 8.37. The van der Waals surface area contributed by atoms with Gasteiger partial charge in [0.2, 0.25) is 23.6 Å². The van der Waals surface area contributed by atoms with E-state index in [1.807, 2.05) is 58.9 Å². The zero-order valence-electron chi connectivity index (χ0n) is 37.0. The van der Waals surface area contributed by atoms with Crippen molar-refractivity contribution in [3.63, 3.8) is 0 Å². The average molecular weight is 823 g/mol. The van der Waals surface area contributed by atoms with Crippen molar-refractivity contribution in [2.24, 2.45) is 11.8 Å². The van der Waals surface area contributed by atoms with Crippen molar-refractivity contribution >= 4 is 46.8 Å². The van der Waals surface area contributed by atoms with Crippen LogP contribution in [-0.4, -0.2) is 78.3 Å². The number of alkyl carbamates (subject to hydrolysis) is 1. The van der Waals surface area contributed by atoms with Gasteiger partial charge in [0.25, 0.3) is 0 Å². The molecular formula is C48H66N6O6. The summed E-state index contributed by atoms with van der Waals surface area (Å²) in [5.41, 5.74) is 5.96. The molecule has 12 heteroatoms. The monoisotopic (exact) mass is 823 g/mol. The van der Waals surface area contributed by atoms with Gasteiger partial charge >= 0.3 is 6.09 Å². The number of benzene rings is 3. The van der Waals surface area contributed by atoms with E-state index >= 15 is 0 Å². The van der Waals surface area contributed by atoms with Crippen molar-refractivity contribution in [3.05, 3.63) is 89.5 Å². The van der Waals surface area contributed by atoms with Crippen molar-refractivity contribution in [1.29, 1.82) is 0 Å². The predicted octanol–water partition coefficient (Wildman–Crippen LogP) is 8.60. The first-order valence-electron chi connectivity index (χ1n) is 21.6. The van der Waals surface area contributed by atoms with Gasteiger partial charge in [0.05, 0.1) is 25.7 Å². The lowest BCUT2D eigenvalue weighted by Gasteiger charge is -2.34. The van der Waals surface area contributed by atoms with E-state index in [9.17, 15) is 24.0 Å². The summed E-state index contributed by atoms with van der Waals surface area (Å²) < 4.78 is 4.73. The molecule has 2 fully saturated rings. The van der Waals surface area contributed by atoms with E-state index in [0.717, 1.165) is 36.1 Å². The minimum atomic E-state index is -0.821. The molecule has 0 bridgehead atoms. The molecular weight excluding hydrogens is 757 g/mol. The van der Waals surface area contributed by atoms with E-state index in [-0.39, 0.29) is 59.5 Å². The molecule has 2 aliphatic rings. The molecule has 60 heavy (non-hydrogen) atoms. The van der Waals surface area contributed by atoms with Gasteiger partial charge in [0, 0.05) is 36.6 Å². The summed E-state index contributed by atoms with van der Waals surface area (Å²) in [6, 6.07) is 23.7. The molecule has 0 radical (unpaired) electrons. The van der Waals surface area contributed by atoms with Crippen molar-refractivity contribution in [2.45, 2.75) is 123 Å². The summed E-state index contributed by atoms with van der Waals surface area (Å²) in [5, 5.41) is 8.66. The number of nitrogens with one attached hydrogen (secondary N) is 3. The van der Waals surface area contributed by atoms with Gasteiger partial charge in [-0.05, 0) is 102 Å². The number of anilines is 3. The van der Waals surface area contributed by atoms with Crippen LogP contribution in [0.5, 0.6) is 0 Å². The Balaban J connectivity index is 1.32. The highest BCUT2D eigenvalue weighted by atomic mass is 16.5. The normalized spacial score (nSPS) is 18.4. The Morgan fingerprint density at radius 2 is 1.37 bits per heavy atom. The number of carbonyl (C=O) groups excluding carboxylic acids is 5. The Kier molecular flexibility index (Phi) is 15.4. The lowest BCUT2D eigenvalue weighted by atomic mass is 9.87. The Morgan fingerprint density at radius 3 is 1.87 bits per heavy atom. The smallest absolute Gasteiger partial charge is 0.407 e. The second kappa shape index (κ2) is 20.2. The largest absolute Gasteiger partial charge is 0.453 e. The maximum absolute atomic E-state index is 13.5. The van der Waals surface area contributed by atoms with Crippen LogP contribution in [0.3, 0.4) is 0 Å². The Morgan fingerprint density at radius 1 is 0.800 bits per heavy atom. The van der Waals surface area contributed by atoms with Crippen LogP contribution in [0, 0.1) is 11.8 Å². The number of carbonyl (C=O) groups is 5. The van der Waals surface area contributed by atoms with Gasteiger partial charge in [-0.15, -0.1) is 0 Å². The molecule has 4 atom stereocenters. The molecule has 2 saturated heterocycles. The van der Waals surface area contributed by atoms with Crippen LogP contribution in [0.15, 0.2) is 72.8 Å². The van der Waals surface area contributed by atoms with E-state index in [4.69, 9.17) is 4.74 Å². The molecule has 3 N–H and O–H groups in total. The molecule has 12 nitrogen and oxygen atoms in total. The van der Waals surface area contributed by atoms with Crippen LogP contribution >= 0.6 is 0 Å². The zero-order chi connectivity index (χ0) is 43.7. The van der Waals surface area contributed by atoms with Crippen LogP contribution in [0.2, 0.25) is 0 Å². The molecule has 5 rings (SSSR count). The van der Waals surface area contributed by atoms with E-state index in [1.165, 1.54) is 17.6 Å². The van der Waals surface area contributed by atoms with E-state index in [2.05, 4.69) is 90.2 Å². The highest BCUT2D eigenvalue weighted by molar-refractivity contribution is 5.98. The zero-order valence-corrected chi connectivity index (χ0v) is 37.0. The fourth-order valence-corrected chi connectivity index (χ4v) is 8.37. The summed E-state index contributed by atoms with van der Waals surface area (Å²) in [5.74, 6) is -0.726. The minimum Gasteiger partial charge on any atom is -0.453 e. The van der Waals surface area contributed by atoms with Gasteiger partial charge in [-0.1, -0.05) is 91.8 Å². The summed E-state index contributed by atoms with van der Waals surface area (Å²) >= 11 is 0. The lowest BCUT2D eigenvalue weighted by Crippen LogP contribution is -2.52. The number of hydrogen-bond donors (Lipinski definition) is 3. The third kappa shape index (κ3) is 11.5. The molecule has 0 aliphatic carbocycles. The first-order chi connectivity index (χ1) is 28.5. The topological polar surface area (TPSA) is 140 Å². The van der Waals surface area contributed by atoms with E-state index < -0.39 is 18.2 Å². The van der Waals surface area contributed by atoms with Crippen LogP contribution in [0.25, 0.3) is 0 Å². The number of methoxy groups -OCH3 is 1. The molecule has 0 saturated carbocycles. The Hall–Kier alpha value is -5.39. The predicted molar refractivity (Wildman–Crippen MR) is 238 cm³/mol. The fraction of sp³-hybridized carbons (Fsp3) is 0.521. The number of nitrogens with zero attached hydrogens (tertiary/aromatic N) is 3. The maximum atomic E-state index is 13.5. The second-order valence-electron chi connectivity index (χ2n) is 18.1. The summed E-state index contributed by atoms with van der Waals surface area (Å²) in [4.78, 5) is 70.7. The third-order valence-corrected chi connectivity index (χ3v) is 11.5. The number of amides is 5. The number of rotatable bonds is 15. The van der Waals surface area contributed by atoms with E-state index in [1.54, 1.807) is 4.90 Å². The number of hydrogen-bond acceptors (Lipinski definition) is 7. The van der Waals surface area contributed by atoms with Crippen LogP contribution in [-0.2, 0) is 29.3 Å². The van der Waals surface area contributed by atoms with Gasteiger partial charge in [-0.3, -0.25) is 19.2 Å². The highest BCUT2D eigenvalue weighted by Crippen LogP contribution is 2.47. The number of ether oxygens (including phenoxy) is 1. The standard InChI is InChI=1S/C48H66N6O6/c1-10-27-52(46(58)44(32(4)5)51-47(59)60-9)30-42(55)49-36-19-13-33(14-20-36)39-25-26-40(54(39)38-23-17-35(18-24-38)48(6,7)8)34-15-21-37(22-16-34)50-45(57)41-12-11-28-53(41)43(56)29-31(2)3/h13-24,31-32,39-41,44H,10-12,25-30H2,1-9H3,(H,49,55)(H,50,57)(H,51,59). The quantitative estimate of drug-likeness (QED) is 0.140. The first kappa shape index (κ1) is 45.7. The van der Waals surface area contributed by atoms with Crippen LogP contribution in [0.4, 0.5) is 21.9 Å². The molecule has 5 amide bonds. The molecule has 0 aromatic heterocycles. The maximum Gasteiger partial charge on any atom is 0.407 e. The van der Waals surface area contributed by atoms with Crippen LogP contribution < -0.4 is 20.9 Å². The van der Waals surface area contributed by atoms with Gasteiger partial charge < -0.3 is 35.4 Å². The summed E-state index contributed by atoms with van der Waals surface area (Å²) in [6.45, 7) is 17.1. The molecule has 3 aromatic rings. The van der Waals surface area contributed by atoms with Gasteiger partial charge in [0.15, 0.2) is 0 Å². The summed E-state index contributed by atoms with van der Waals surface area (Å²) in [7, 11) is 1.25. The number of likely N-dealkylation sites (tertiary alicyclic amines) is 1. The van der Waals surface area contributed by atoms with Gasteiger partial charge in [-0.25, -0.2) is 4.79 Å². The Labute approximate surface area is 356 Å². The molecule has 4 unspecified atom stereocenters. The van der Waals surface area contributed by atoms with Crippen molar-refractivity contribution in [2.75, 3.05) is 42.3 Å². The first-order valence-corrected chi connectivity index (χ1v) is 21.6. The van der Waals surface area contributed by atoms with Gasteiger partial charge in [0.1, 0.15) is 12.1 Å². The molecule has 0 spiro atoms. The van der Waals surface area contributed by atoms with Crippen molar-refractivity contribution in [3.8, 4) is 0 Å². The van der Waals surface area contributed by atoms with Crippen molar-refractivity contribution < 1.29 is 28.7 Å². The van der Waals surface area contributed by atoms with Crippen molar-refractivity contribution in [1.82, 2.24) is 15.1 Å². The Bertz CT molecular complexity index is 1940. The highest BCUT2D eigenvalue weighted by Gasteiger charge is 2.37. The summed E-state index contributed by atoms with van der Waals surface area (Å²) in [6.07, 6.45) is 3.71. The molecule has 2 aliphatic heterocycles. The van der Waals surface area contributed by atoms with Crippen LogP contribution in [0.1, 0.15) is 123 Å². The third-order valence-electron chi connectivity index (χ3n) is 11.5.